The summed E-state index contributed by atoms with van der Waals surface area (Å²) in [6.07, 6.45) is 2.60. The summed E-state index contributed by atoms with van der Waals surface area (Å²) >= 11 is 1.53. The van der Waals surface area contributed by atoms with Crippen LogP contribution in [0.1, 0.15) is 39.4 Å². The number of aryl methyl sites for hydroxylation is 2. The summed E-state index contributed by atoms with van der Waals surface area (Å²) in [5, 5.41) is 7.73. The summed E-state index contributed by atoms with van der Waals surface area (Å²) in [5.41, 5.74) is 3.83. The van der Waals surface area contributed by atoms with Gasteiger partial charge in [-0.25, -0.2) is 4.98 Å². The van der Waals surface area contributed by atoms with Crippen molar-refractivity contribution in [1.29, 1.82) is 0 Å². The average molecular weight is 425 g/mol. The molecule has 2 heterocycles. The number of aromatic nitrogens is 2. The Morgan fingerprint density at radius 3 is 2.70 bits per heavy atom. The first-order valence-corrected chi connectivity index (χ1v) is 11.0. The molecule has 7 heteroatoms. The van der Waals surface area contributed by atoms with Gasteiger partial charge in [0, 0.05) is 30.6 Å². The van der Waals surface area contributed by atoms with E-state index in [1.807, 2.05) is 26.0 Å². The molecular weight excluding hydrogens is 396 g/mol. The molecule has 0 atom stereocenters. The second-order valence-corrected chi connectivity index (χ2v) is 8.24. The van der Waals surface area contributed by atoms with Crippen LogP contribution in [0.3, 0.4) is 0 Å². The maximum atomic E-state index is 12.7. The Bertz CT molecular complexity index is 939. The summed E-state index contributed by atoms with van der Waals surface area (Å²) in [6, 6.07) is 14.0. The minimum atomic E-state index is -0.0879. The minimum absolute atomic E-state index is 0.0879. The summed E-state index contributed by atoms with van der Waals surface area (Å²) < 4.78 is 5.22. The number of hydrogen-bond donors (Lipinski definition) is 1. The highest BCUT2D eigenvalue weighted by Gasteiger charge is 2.15. The third-order valence-corrected chi connectivity index (χ3v) is 5.88. The molecule has 0 bridgehead atoms. The molecular formula is C23H28N4O2S. The van der Waals surface area contributed by atoms with Crippen molar-refractivity contribution >= 4 is 17.7 Å². The maximum absolute atomic E-state index is 12.7. The van der Waals surface area contributed by atoms with Gasteiger partial charge >= 0.3 is 0 Å². The maximum Gasteiger partial charge on any atom is 0.254 e. The minimum Gasteiger partial charge on any atom is -0.361 e. The number of nitrogens with zero attached hydrogens (tertiary/aromatic N) is 3. The van der Waals surface area contributed by atoms with Crippen LogP contribution in [-0.4, -0.2) is 41.1 Å². The Morgan fingerprint density at radius 1 is 1.17 bits per heavy atom. The van der Waals surface area contributed by atoms with Crippen LogP contribution in [0.25, 0.3) is 0 Å². The molecule has 1 aromatic carbocycles. The van der Waals surface area contributed by atoms with Gasteiger partial charge in [0.2, 0.25) is 0 Å². The fraction of sp³-hybridized carbons (Fsp3) is 0.348. The fourth-order valence-corrected chi connectivity index (χ4v) is 4.29. The second-order valence-electron chi connectivity index (χ2n) is 7.28. The highest BCUT2D eigenvalue weighted by Crippen LogP contribution is 2.27. The van der Waals surface area contributed by atoms with Crippen molar-refractivity contribution in [1.82, 2.24) is 20.4 Å². The van der Waals surface area contributed by atoms with Gasteiger partial charge in [0.25, 0.3) is 5.91 Å². The van der Waals surface area contributed by atoms with Gasteiger partial charge in [-0.1, -0.05) is 35.5 Å². The monoisotopic (exact) mass is 424 g/mol. The van der Waals surface area contributed by atoms with Crippen LogP contribution in [0.5, 0.6) is 0 Å². The zero-order chi connectivity index (χ0) is 21.3. The molecule has 0 aliphatic rings. The van der Waals surface area contributed by atoms with Gasteiger partial charge in [0.05, 0.1) is 11.3 Å². The molecule has 30 heavy (non-hydrogen) atoms. The normalized spacial score (nSPS) is 11.1. The lowest BCUT2D eigenvalue weighted by atomic mass is 10.2. The van der Waals surface area contributed by atoms with Gasteiger partial charge in [-0.15, -0.1) is 11.8 Å². The Morgan fingerprint density at radius 2 is 1.97 bits per heavy atom. The van der Waals surface area contributed by atoms with Crippen LogP contribution in [0, 0.1) is 13.8 Å². The smallest absolute Gasteiger partial charge is 0.254 e. The molecule has 3 aromatic rings. The quantitative estimate of drug-likeness (QED) is 0.388. The zero-order valence-corrected chi connectivity index (χ0v) is 18.5. The summed E-state index contributed by atoms with van der Waals surface area (Å²) in [7, 11) is 2.10. The number of rotatable bonds is 10. The molecule has 2 aromatic heterocycles. The molecule has 158 valence electrons. The lowest BCUT2D eigenvalue weighted by molar-refractivity contribution is 0.0948. The van der Waals surface area contributed by atoms with Crippen LogP contribution in [0.2, 0.25) is 0 Å². The van der Waals surface area contributed by atoms with E-state index in [0.29, 0.717) is 17.9 Å². The van der Waals surface area contributed by atoms with Crippen molar-refractivity contribution in [2.24, 2.45) is 0 Å². The number of nitrogens with one attached hydrogen (secondary N) is 1. The van der Waals surface area contributed by atoms with E-state index in [1.165, 1.54) is 17.3 Å². The van der Waals surface area contributed by atoms with Gasteiger partial charge in [0.15, 0.2) is 0 Å². The predicted octanol–water partition coefficient (Wildman–Crippen LogP) is 4.23. The molecule has 1 N–H and O–H groups in total. The van der Waals surface area contributed by atoms with Crippen LogP contribution >= 0.6 is 11.8 Å². The van der Waals surface area contributed by atoms with Gasteiger partial charge in [-0.3, -0.25) is 4.79 Å². The zero-order valence-electron chi connectivity index (χ0n) is 17.7. The predicted molar refractivity (Wildman–Crippen MR) is 120 cm³/mol. The van der Waals surface area contributed by atoms with Crippen molar-refractivity contribution in [2.45, 2.75) is 37.6 Å². The van der Waals surface area contributed by atoms with Gasteiger partial charge in [-0.05, 0) is 51.6 Å². The van der Waals surface area contributed by atoms with E-state index in [-0.39, 0.29) is 5.91 Å². The van der Waals surface area contributed by atoms with Gasteiger partial charge in [0.1, 0.15) is 10.8 Å². The average Bonchev–Trinajstić information content (AvgIpc) is 3.08. The highest BCUT2D eigenvalue weighted by atomic mass is 32.2. The Balaban J connectivity index is 1.47. The van der Waals surface area contributed by atoms with Crippen LogP contribution in [0.15, 0.2) is 58.2 Å². The van der Waals surface area contributed by atoms with E-state index in [1.54, 1.807) is 12.3 Å². The first-order chi connectivity index (χ1) is 14.5. The van der Waals surface area contributed by atoms with Crippen LogP contribution in [0.4, 0.5) is 0 Å². The van der Waals surface area contributed by atoms with E-state index in [4.69, 9.17) is 4.52 Å². The number of carbonyl (C=O) groups excluding carboxylic acids is 1. The number of pyridine rings is 1. The SMILES string of the molecule is Cc1noc(C)c1CSc1ncccc1C(=O)NCCCN(C)Cc1ccccc1. The van der Waals surface area contributed by atoms with Crippen LogP contribution < -0.4 is 5.32 Å². The molecule has 0 spiro atoms. The van der Waals surface area contributed by atoms with E-state index < -0.39 is 0 Å². The molecule has 6 nitrogen and oxygen atoms in total. The van der Waals surface area contributed by atoms with Crippen molar-refractivity contribution in [3.05, 3.63) is 76.8 Å². The van der Waals surface area contributed by atoms with E-state index in [9.17, 15) is 4.79 Å². The number of hydrogen-bond acceptors (Lipinski definition) is 6. The molecule has 0 saturated carbocycles. The third kappa shape index (κ3) is 6.18. The summed E-state index contributed by atoms with van der Waals surface area (Å²) in [4.78, 5) is 19.4. The van der Waals surface area contributed by atoms with Crippen molar-refractivity contribution < 1.29 is 9.32 Å². The first kappa shape index (κ1) is 22.1. The van der Waals surface area contributed by atoms with Crippen molar-refractivity contribution in [2.75, 3.05) is 20.1 Å². The topological polar surface area (TPSA) is 71.3 Å². The molecule has 0 saturated heterocycles. The van der Waals surface area contributed by atoms with Gasteiger partial charge < -0.3 is 14.7 Å². The van der Waals surface area contributed by atoms with Crippen molar-refractivity contribution in [3.8, 4) is 0 Å². The Hall–Kier alpha value is -2.64. The third-order valence-electron chi connectivity index (χ3n) is 4.85. The first-order valence-electron chi connectivity index (χ1n) is 10.0. The Kier molecular flexibility index (Phi) is 8.04. The van der Waals surface area contributed by atoms with Crippen molar-refractivity contribution in [3.63, 3.8) is 0 Å². The van der Waals surface area contributed by atoms with E-state index in [0.717, 1.165) is 41.6 Å². The number of benzene rings is 1. The van der Waals surface area contributed by atoms with Crippen LogP contribution in [-0.2, 0) is 12.3 Å². The number of amides is 1. The lowest BCUT2D eigenvalue weighted by Crippen LogP contribution is -2.28. The molecule has 0 radical (unpaired) electrons. The largest absolute Gasteiger partial charge is 0.361 e. The molecule has 3 rings (SSSR count). The van der Waals surface area contributed by atoms with Gasteiger partial charge in [-0.2, -0.15) is 0 Å². The molecule has 0 aliphatic heterocycles. The lowest BCUT2D eigenvalue weighted by Gasteiger charge is -2.17. The molecule has 0 unspecified atom stereocenters. The number of thioether (sulfide) groups is 1. The summed E-state index contributed by atoms with van der Waals surface area (Å²) in [5.74, 6) is 1.39. The van der Waals surface area contributed by atoms with E-state index in [2.05, 4.69) is 51.7 Å². The highest BCUT2D eigenvalue weighted by molar-refractivity contribution is 7.98. The van der Waals surface area contributed by atoms with E-state index >= 15 is 0 Å². The standard InChI is InChI=1S/C23H28N4O2S/c1-17-21(18(2)29-26-17)16-30-23-20(11-7-12-25-23)22(28)24-13-8-14-27(3)15-19-9-5-4-6-10-19/h4-7,9-12H,8,13-16H2,1-3H3,(H,24,28). The fourth-order valence-electron chi connectivity index (χ4n) is 3.15. The number of carbonyl (C=O) groups is 1. The summed E-state index contributed by atoms with van der Waals surface area (Å²) in [6.45, 7) is 6.26. The molecule has 1 amide bonds. The Labute approximate surface area is 182 Å². The molecule has 0 aliphatic carbocycles. The second kappa shape index (κ2) is 10.9. The molecule has 0 fully saturated rings.